The molecule has 0 spiro atoms. The number of likely N-dealkylation sites (tertiary alicyclic amines) is 1. The molecular weight excluding hydrogens is 416 g/mol. The molecule has 0 radical (unpaired) electrons. The molecule has 1 saturated heterocycles. The van der Waals surface area contributed by atoms with E-state index in [2.05, 4.69) is 5.32 Å². The molecule has 7 nitrogen and oxygen atoms in total. The largest absolute Gasteiger partial charge is 0.331 e. The summed E-state index contributed by atoms with van der Waals surface area (Å²) in [6.07, 6.45) is 1.26. The number of aromatic nitrogens is 2. The molecule has 1 aliphatic heterocycles. The van der Waals surface area contributed by atoms with Crippen LogP contribution in [0.2, 0.25) is 5.02 Å². The van der Waals surface area contributed by atoms with Crippen LogP contribution in [-0.2, 0) is 11.8 Å². The van der Waals surface area contributed by atoms with Gasteiger partial charge in [0.25, 0.3) is 5.56 Å². The third kappa shape index (κ3) is 4.29. The highest BCUT2D eigenvalue weighted by molar-refractivity contribution is 6.33. The van der Waals surface area contributed by atoms with Gasteiger partial charge in [-0.05, 0) is 44.0 Å². The highest BCUT2D eigenvalue weighted by Gasteiger charge is 2.25. The van der Waals surface area contributed by atoms with E-state index in [1.165, 1.54) is 4.57 Å². The van der Waals surface area contributed by atoms with Crippen molar-refractivity contribution in [3.63, 3.8) is 0 Å². The number of anilines is 1. The zero-order valence-electron chi connectivity index (χ0n) is 17.6. The number of hydrogen-bond acceptors (Lipinski definition) is 4. The first-order valence-corrected chi connectivity index (χ1v) is 10.7. The normalized spacial score (nSPS) is 15.3. The first kappa shape index (κ1) is 21.3. The van der Waals surface area contributed by atoms with E-state index in [4.69, 9.17) is 11.6 Å². The van der Waals surface area contributed by atoms with E-state index in [0.717, 1.165) is 5.56 Å². The number of fused-ring (bicyclic) bond motifs is 1. The number of para-hydroxylation sites is 1. The number of nitrogens with zero attached hydrogens (tertiary/aromatic N) is 3. The van der Waals surface area contributed by atoms with E-state index >= 15 is 0 Å². The average Bonchev–Trinajstić information content (AvgIpc) is 2.75. The third-order valence-corrected chi connectivity index (χ3v) is 6.22. The quantitative estimate of drug-likeness (QED) is 0.676. The van der Waals surface area contributed by atoms with Crippen LogP contribution in [0.25, 0.3) is 10.9 Å². The van der Waals surface area contributed by atoms with Crippen LogP contribution in [0.3, 0.4) is 0 Å². The summed E-state index contributed by atoms with van der Waals surface area (Å²) in [5, 5.41) is 3.89. The second-order valence-corrected chi connectivity index (χ2v) is 8.48. The van der Waals surface area contributed by atoms with Gasteiger partial charge in [-0.3, -0.25) is 23.6 Å². The summed E-state index contributed by atoms with van der Waals surface area (Å²) >= 11 is 6.10. The molecule has 0 aliphatic carbocycles. The van der Waals surface area contributed by atoms with E-state index in [9.17, 15) is 14.4 Å². The van der Waals surface area contributed by atoms with Crippen molar-refractivity contribution in [3.05, 3.63) is 73.9 Å². The minimum Gasteiger partial charge on any atom is -0.324 e. The molecule has 1 aromatic heterocycles. The number of hydrogen-bond donors (Lipinski definition) is 1. The van der Waals surface area contributed by atoms with Gasteiger partial charge < -0.3 is 5.32 Å². The minimum atomic E-state index is -0.295. The van der Waals surface area contributed by atoms with E-state index < -0.39 is 0 Å². The van der Waals surface area contributed by atoms with Crippen molar-refractivity contribution < 1.29 is 4.79 Å². The number of amides is 1. The highest BCUT2D eigenvalue weighted by atomic mass is 35.5. The first-order valence-electron chi connectivity index (χ1n) is 10.3. The van der Waals surface area contributed by atoms with Crippen LogP contribution in [0, 0.1) is 6.92 Å². The maximum absolute atomic E-state index is 13.1. The van der Waals surface area contributed by atoms with Gasteiger partial charge in [0.15, 0.2) is 0 Å². The standard InChI is InChI=1S/C23H25ClN4O3/c1-15-7-8-20-17(13-15)22(30)28(23(31)26(20)2)16-9-11-27(12-10-16)14-21(29)25-19-6-4-3-5-18(19)24/h3-8,13,16H,9-12,14H2,1-2H3,(H,25,29). The molecule has 2 heterocycles. The number of halogens is 1. The van der Waals surface area contributed by atoms with E-state index in [1.54, 1.807) is 23.7 Å². The maximum Gasteiger partial charge on any atom is 0.331 e. The molecule has 0 unspecified atom stereocenters. The molecular formula is C23H25ClN4O3. The molecule has 8 heteroatoms. The maximum atomic E-state index is 13.1. The van der Waals surface area contributed by atoms with Crippen molar-refractivity contribution in [2.75, 3.05) is 25.0 Å². The molecule has 162 valence electrons. The number of benzene rings is 2. The Hall–Kier alpha value is -2.90. The Morgan fingerprint density at radius 1 is 1.13 bits per heavy atom. The number of carbonyl (C=O) groups excluding carboxylic acids is 1. The molecule has 4 rings (SSSR count). The molecule has 0 atom stereocenters. The molecule has 0 saturated carbocycles. The highest BCUT2D eigenvalue weighted by Crippen LogP contribution is 2.22. The van der Waals surface area contributed by atoms with Gasteiger partial charge in [0, 0.05) is 26.2 Å². The van der Waals surface area contributed by atoms with Gasteiger partial charge in [0.05, 0.1) is 28.2 Å². The molecule has 1 amide bonds. The number of aryl methyl sites for hydroxylation is 2. The lowest BCUT2D eigenvalue weighted by Crippen LogP contribution is -2.46. The SMILES string of the molecule is Cc1ccc2c(c1)c(=O)n(C1CCN(CC(=O)Nc3ccccc3Cl)CC1)c(=O)n2C. The minimum absolute atomic E-state index is 0.138. The van der Waals surface area contributed by atoms with Gasteiger partial charge in [-0.25, -0.2) is 4.79 Å². The molecule has 3 aromatic rings. The van der Waals surface area contributed by atoms with Gasteiger partial charge in [-0.15, -0.1) is 0 Å². The van der Waals surface area contributed by atoms with Gasteiger partial charge in [-0.2, -0.15) is 0 Å². The van der Waals surface area contributed by atoms with E-state index in [0.29, 0.717) is 47.5 Å². The Labute approximate surface area is 184 Å². The smallest absolute Gasteiger partial charge is 0.324 e. The van der Waals surface area contributed by atoms with Gasteiger partial charge in [0.2, 0.25) is 5.91 Å². The van der Waals surface area contributed by atoms with Crippen molar-refractivity contribution >= 4 is 34.1 Å². The number of nitrogens with one attached hydrogen (secondary N) is 1. The fraction of sp³-hybridized carbons (Fsp3) is 0.348. The van der Waals surface area contributed by atoms with Crippen molar-refractivity contribution in [2.24, 2.45) is 7.05 Å². The van der Waals surface area contributed by atoms with Crippen LogP contribution in [0.1, 0.15) is 24.4 Å². The summed E-state index contributed by atoms with van der Waals surface area (Å²) in [4.78, 5) is 40.5. The molecule has 1 N–H and O–H groups in total. The molecule has 31 heavy (non-hydrogen) atoms. The number of rotatable bonds is 4. The Bertz CT molecular complexity index is 1260. The Balaban J connectivity index is 1.47. The summed E-state index contributed by atoms with van der Waals surface area (Å²) in [7, 11) is 1.70. The van der Waals surface area contributed by atoms with Crippen molar-refractivity contribution in [1.29, 1.82) is 0 Å². The summed E-state index contributed by atoms with van der Waals surface area (Å²) < 4.78 is 2.93. The van der Waals surface area contributed by atoms with E-state index in [1.807, 2.05) is 42.2 Å². The van der Waals surface area contributed by atoms with Crippen LogP contribution in [0.4, 0.5) is 5.69 Å². The summed E-state index contributed by atoms with van der Waals surface area (Å²) in [5.74, 6) is -0.138. The van der Waals surface area contributed by atoms with Gasteiger partial charge in [0.1, 0.15) is 0 Å². The molecule has 0 bridgehead atoms. The Morgan fingerprint density at radius 3 is 2.55 bits per heavy atom. The fourth-order valence-electron chi connectivity index (χ4n) is 4.21. The summed E-state index contributed by atoms with van der Waals surface area (Å²) in [6, 6.07) is 12.5. The zero-order valence-corrected chi connectivity index (χ0v) is 18.4. The molecule has 1 fully saturated rings. The van der Waals surface area contributed by atoms with E-state index in [-0.39, 0.29) is 29.7 Å². The van der Waals surface area contributed by atoms with Crippen LogP contribution >= 0.6 is 11.6 Å². The summed E-state index contributed by atoms with van der Waals surface area (Å²) in [6.45, 7) is 3.42. The Morgan fingerprint density at radius 2 is 1.84 bits per heavy atom. The summed E-state index contributed by atoms with van der Waals surface area (Å²) in [5.41, 5.74) is 1.68. The lowest BCUT2D eigenvalue weighted by Gasteiger charge is -2.32. The lowest BCUT2D eigenvalue weighted by molar-refractivity contribution is -0.117. The molecule has 1 aliphatic rings. The van der Waals surface area contributed by atoms with Gasteiger partial charge in [-0.1, -0.05) is 35.4 Å². The second-order valence-electron chi connectivity index (χ2n) is 8.07. The predicted octanol–water partition coefficient (Wildman–Crippen LogP) is 2.94. The number of piperidine rings is 1. The van der Waals surface area contributed by atoms with Crippen LogP contribution in [0.5, 0.6) is 0 Å². The first-order chi connectivity index (χ1) is 14.8. The van der Waals surface area contributed by atoms with Crippen molar-refractivity contribution in [2.45, 2.75) is 25.8 Å². The topological polar surface area (TPSA) is 76.3 Å². The average molecular weight is 441 g/mol. The Kier molecular flexibility index (Phi) is 5.98. The van der Waals surface area contributed by atoms with Crippen LogP contribution in [0.15, 0.2) is 52.1 Å². The van der Waals surface area contributed by atoms with Gasteiger partial charge >= 0.3 is 5.69 Å². The van der Waals surface area contributed by atoms with Crippen molar-refractivity contribution in [3.8, 4) is 0 Å². The number of carbonyl (C=O) groups is 1. The molecule has 2 aromatic carbocycles. The third-order valence-electron chi connectivity index (χ3n) is 5.89. The zero-order chi connectivity index (χ0) is 22.1. The monoisotopic (exact) mass is 440 g/mol. The van der Waals surface area contributed by atoms with Crippen LogP contribution in [-0.4, -0.2) is 39.6 Å². The lowest BCUT2D eigenvalue weighted by atomic mass is 10.0. The second kappa shape index (κ2) is 8.69. The van der Waals surface area contributed by atoms with Crippen molar-refractivity contribution in [1.82, 2.24) is 14.0 Å². The predicted molar refractivity (Wildman–Crippen MR) is 123 cm³/mol. The fourth-order valence-corrected chi connectivity index (χ4v) is 4.39. The van der Waals surface area contributed by atoms with Crippen LogP contribution < -0.4 is 16.6 Å².